The Morgan fingerprint density at radius 3 is 2.72 bits per heavy atom. The Bertz CT molecular complexity index is 866. The van der Waals surface area contributed by atoms with Crippen molar-refractivity contribution in [2.45, 2.75) is 26.2 Å². The lowest BCUT2D eigenvalue weighted by Gasteiger charge is -2.33. The highest BCUT2D eigenvalue weighted by Crippen LogP contribution is 2.22. The van der Waals surface area contributed by atoms with Gasteiger partial charge in [-0.2, -0.15) is 0 Å². The molecular weight excluding hydrogens is 386 g/mol. The van der Waals surface area contributed by atoms with Crippen LogP contribution in [0.5, 0.6) is 0 Å². The monoisotopic (exact) mass is 413 g/mol. The van der Waals surface area contributed by atoms with Crippen LogP contribution in [0, 0.1) is 5.92 Å². The Morgan fingerprint density at radius 2 is 2.00 bits per heavy atom. The summed E-state index contributed by atoms with van der Waals surface area (Å²) >= 11 is 1.41. The molecule has 0 spiro atoms. The minimum absolute atomic E-state index is 0.00769. The van der Waals surface area contributed by atoms with E-state index in [0.29, 0.717) is 18.0 Å². The van der Waals surface area contributed by atoms with Crippen LogP contribution in [0.4, 0.5) is 5.69 Å². The summed E-state index contributed by atoms with van der Waals surface area (Å²) in [6, 6.07) is 11.3. The van der Waals surface area contributed by atoms with E-state index in [2.05, 4.69) is 5.32 Å². The summed E-state index contributed by atoms with van der Waals surface area (Å²) in [6.07, 6.45) is 2.34. The molecule has 0 unspecified atom stereocenters. The molecule has 0 radical (unpaired) electrons. The van der Waals surface area contributed by atoms with E-state index in [9.17, 15) is 14.4 Å². The number of piperidine rings is 1. The highest BCUT2D eigenvalue weighted by molar-refractivity contribution is 7.12. The number of hydrogen-bond acceptors (Lipinski definition) is 4. The molecule has 1 aliphatic rings. The van der Waals surface area contributed by atoms with E-state index >= 15 is 0 Å². The van der Waals surface area contributed by atoms with Crippen LogP contribution in [-0.4, -0.2) is 54.2 Å². The fraction of sp³-hybridized carbons (Fsp3) is 0.409. The van der Waals surface area contributed by atoms with Crippen molar-refractivity contribution >= 4 is 34.7 Å². The Morgan fingerprint density at radius 1 is 1.21 bits per heavy atom. The van der Waals surface area contributed by atoms with Crippen LogP contribution in [0.1, 0.15) is 35.0 Å². The van der Waals surface area contributed by atoms with Gasteiger partial charge < -0.3 is 15.1 Å². The number of carbonyl (C=O) groups excluding carboxylic acids is 3. The summed E-state index contributed by atoms with van der Waals surface area (Å²) in [6.45, 7) is 3.10. The first-order valence-electron chi connectivity index (χ1n) is 9.95. The second-order valence-electron chi connectivity index (χ2n) is 7.32. The summed E-state index contributed by atoms with van der Waals surface area (Å²) in [5, 5.41) is 4.78. The molecule has 3 rings (SSSR count). The number of carbonyl (C=O) groups is 3. The number of anilines is 1. The molecule has 6 nitrogen and oxygen atoms in total. The van der Waals surface area contributed by atoms with E-state index in [1.54, 1.807) is 11.9 Å². The number of amides is 3. The molecule has 1 fully saturated rings. The molecule has 0 saturated carbocycles. The van der Waals surface area contributed by atoms with Gasteiger partial charge in [-0.05, 0) is 42.3 Å². The van der Waals surface area contributed by atoms with Crippen LogP contribution in [0.2, 0.25) is 0 Å². The minimum Gasteiger partial charge on any atom is -0.337 e. The third-order valence-corrected chi connectivity index (χ3v) is 6.08. The predicted octanol–water partition coefficient (Wildman–Crippen LogP) is 3.26. The number of para-hydroxylation sites is 1. The molecule has 2 heterocycles. The number of nitrogens with zero attached hydrogens (tertiary/aromatic N) is 2. The Hall–Kier alpha value is -2.67. The summed E-state index contributed by atoms with van der Waals surface area (Å²) in [5.41, 5.74) is 1.84. The van der Waals surface area contributed by atoms with Gasteiger partial charge >= 0.3 is 0 Å². The number of likely N-dealkylation sites (N-methyl/N-ethyl adjacent to an activating group) is 1. The number of thiophene rings is 1. The number of rotatable bonds is 6. The first-order valence-corrected chi connectivity index (χ1v) is 10.8. The SMILES string of the molecule is CCc1ccccc1NC(=O)CN(C)C(=O)[C@@H]1CCCN(C(=O)c2cccs2)C1. The highest BCUT2D eigenvalue weighted by Gasteiger charge is 2.31. The van der Waals surface area contributed by atoms with E-state index in [1.807, 2.05) is 48.7 Å². The Kier molecular flexibility index (Phi) is 7.04. The molecule has 1 aromatic heterocycles. The van der Waals surface area contributed by atoms with Crippen molar-refractivity contribution in [3.05, 3.63) is 52.2 Å². The molecule has 1 aromatic carbocycles. The van der Waals surface area contributed by atoms with Crippen molar-refractivity contribution in [1.29, 1.82) is 0 Å². The molecule has 154 valence electrons. The first kappa shape index (κ1) is 21.0. The maximum Gasteiger partial charge on any atom is 0.263 e. The van der Waals surface area contributed by atoms with Crippen molar-refractivity contribution in [2.75, 3.05) is 32.0 Å². The largest absolute Gasteiger partial charge is 0.337 e. The average molecular weight is 414 g/mol. The summed E-state index contributed by atoms with van der Waals surface area (Å²) in [5.74, 6) is -0.598. The maximum absolute atomic E-state index is 12.9. The molecule has 1 N–H and O–H groups in total. The lowest BCUT2D eigenvalue weighted by molar-refractivity contribution is -0.138. The predicted molar refractivity (Wildman–Crippen MR) is 115 cm³/mol. The van der Waals surface area contributed by atoms with Crippen molar-refractivity contribution < 1.29 is 14.4 Å². The van der Waals surface area contributed by atoms with Crippen LogP contribution < -0.4 is 5.32 Å². The standard InChI is InChI=1S/C22H27N3O3S/c1-3-16-8-4-5-10-18(16)23-20(26)15-24(2)21(27)17-9-6-12-25(14-17)22(28)19-11-7-13-29-19/h4-5,7-8,10-11,13,17H,3,6,9,12,14-15H2,1-2H3,(H,23,26)/t17-/m1/s1. The van der Waals surface area contributed by atoms with Gasteiger partial charge in [0.05, 0.1) is 17.3 Å². The Balaban J connectivity index is 1.56. The summed E-state index contributed by atoms with van der Waals surface area (Å²) < 4.78 is 0. The van der Waals surface area contributed by atoms with Crippen molar-refractivity contribution in [3.63, 3.8) is 0 Å². The highest BCUT2D eigenvalue weighted by atomic mass is 32.1. The van der Waals surface area contributed by atoms with Gasteiger partial charge in [-0.15, -0.1) is 11.3 Å². The maximum atomic E-state index is 12.9. The van der Waals surface area contributed by atoms with E-state index in [1.165, 1.54) is 16.2 Å². The van der Waals surface area contributed by atoms with Crippen LogP contribution in [0.15, 0.2) is 41.8 Å². The fourth-order valence-electron chi connectivity index (χ4n) is 3.66. The van der Waals surface area contributed by atoms with Gasteiger partial charge in [0.2, 0.25) is 11.8 Å². The van der Waals surface area contributed by atoms with Crippen LogP contribution >= 0.6 is 11.3 Å². The average Bonchev–Trinajstić information content (AvgIpc) is 3.28. The van der Waals surface area contributed by atoms with Gasteiger partial charge in [0.15, 0.2) is 0 Å². The lowest BCUT2D eigenvalue weighted by Crippen LogP contribution is -2.47. The number of likely N-dealkylation sites (tertiary alicyclic amines) is 1. The van der Waals surface area contributed by atoms with Gasteiger partial charge in [0.1, 0.15) is 0 Å². The molecular formula is C22H27N3O3S. The van der Waals surface area contributed by atoms with Crippen LogP contribution in [-0.2, 0) is 16.0 Å². The van der Waals surface area contributed by atoms with Crippen molar-refractivity contribution in [1.82, 2.24) is 9.80 Å². The zero-order chi connectivity index (χ0) is 20.8. The van der Waals surface area contributed by atoms with Gasteiger partial charge in [-0.3, -0.25) is 14.4 Å². The smallest absolute Gasteiger partial charge is 0.263 e. The zero-order valence-corrected chi connectivity index (χ0v) is 17.7. The summed E-state index contributed by atoms with van der Waals surface area (Å²) in [4.78, 5) is 41.8. The Labute approximate surface area is 175 Å². The molecule has 2 aromatic rings. The number of benzene rings is 1. The molecule has 0 bridgehead atoms. The second-order valence-corrected chi connectivity index (χ2v) is 8.27. The van der Waals surface area contributed by atoms with Gasteiger partial charge in [-0.25, -0.2) is 0 Å². The van der Waals surface area contributed by atoms with Gasteiger partial charge in [0, 0.05) is 25.8 Å². The van der Waals surface area contributed by atoms with E-state index < -0.39 is 0 Å². The van der Waals surface area contributed by atoms with Gasteiger partial charge in [-0.1, -0.05) is 31.2 Å². The zero-order valence-electron chi connectivity index (χ0n) is 16.9. The van der Waals surface area contributed by atoms with Crippen molar-refractivity contribution in [3.8, 4) is 0 Å². The van der Waals surface area contributed by atoms with E-state index in [-0.39, 0.29) is 30.2 Å². The normalized spacial score (nSPS) is 16.3. The number of hydrogen-bond donors (Lipinski definition) is 1. The second kappa shape index (κ2) is 9.69. The number of nitrogens with one attached hydrogen (secondary N) is 1. The lowest BCUT2D eigenvalue weighted by atomic mass is 9.96. The van der Waals surface area contributed by atoms with Crippen LogP contribution in [0.25, 0.3) is 0 Å². The third kappa shape index (κ3) is 5.23. The molecule has 1 aliphatic heterocycles. The molecule has 7 heteroatoms. The molecule has 1 saturated heterocycles. The van der Waals surface area contributed by atoms with Crippen LogP contribution in [0.3, 0.4) is 0 Å². The summed E-state index contributed by atoms with van der Waals surface area (Å²) in [7, 11) is 1.65. The first-order chi connectivity index (χ1) is 14.0. The molecule has 29 heavy (non-hydrogen) atoms. The minimum atomic E-state index is -0.270. The topological polar surface area (TPSA) is 69.7 Å². The quantitative estimate of drug-likeness (QED) is 0.790. The third-order valence-electron chi connectivity index (χ3n) is 5.22. The van der Waals surface area contributed by atoms with Crippen molar-refractivity contribution in [2.24, 2.45) is 5.92 Å². The van der Waals surface area contributed by atoms with E-state index in [0.717, 1.165) is 30.5 Å². The van der Waals surface area contributed by atoms with Gasteiger partial charge in [0.25, 0.3) is 5.91 Å². The van der Waals surface area contributed by atoms with E-state index in [4.69, 9.17) is 0 Å². The molecule has 3 amide bonds. The number of aryl methyl sites for hydroxylation is 1. The molecule has 1 atom stereocenters. The molecule has 0 aliphatic carbocycles. The fourth-order valence-corrected chi connectivity index (χ4v) is 4.36.